The Morgan fingerprint density at radius 2 is 2.07 bits per heavy atom. The largest absolute Gasteiger partial charge is 0.342 e. The van der Waals surface area contributed by atoms with Gasteiger partial charge in [-0.2, -0.15) is 4.99 Å². The van der Waals surface area contributed by atoms with Crippen LogP contribution in [0.25, 0.3) is 11.4 Å². The van der Waals surface area contributed by atoms with Crippen LogP contribution in [0.5, 0.6) is 0 Å². The molecule has 0 fully saturated rings. The molecule has 74 valence electrons. The molecule has 2 rings (SSSR count). The van der Waals surface area contributed by atoms with Crippen molar-refractivity contribution in [1.29, 1.82) is 0 Å². The number of aromatic nitrogens is 2. The predicted molar refractivity (Wildman–Crippen MR) is 63.4 cm³/mol. The number of aliphatic imine (C=N–C) groups is 1. The van der Waals surface area contributed by atoms with E-state index < -0.39 is 0 Å². The van der Waals surface area contributed by atoms with E-state index in [1.165, 1.54) is 0 Å². The normalized spacial score (nSPS) is 9.67. The van der Waals surface area contributed by atoms with E-state index in [0.29, 0.717) is 0 Å². The second-order valence-electron chi connectivity index (χ2n) is 3.16. The zero-order valence-corrected chi connectivity index (χ0v) is 9.01. The van der Waals surface area contributed by atoms with Crippen molar-refractivity contribution in [2.45, 2.75) is 6.92 Å². The highest BCUT2D eigenvalue weighted by molar-refractivity contribution is 7.78. The molecule has 4 heteroatoms. The summed E-state index contributed by atoms with van der Waals surface area (Å²) < 4.78 is 0. The van der Waals surface area contributed by atoms with Crippen LogP contribution in [0.3, 0.4) is 0 Å². The molecular formula is C11H9N3S. The molecule has 0 spiro atoms. The van der Waals surface area contributed by atoms with E-state index in [0.717, 1.165) is 22.8 Å². The number of isothiocyanates is 1. The number of hydrogen-bond acceptors (Lipinski definition) is 3. The second-order valence-corrected chi connectivity index (χ2v) is 3.35. The molecule has 2 aromatic rings. The van der Waals surface area contributed by atoms with E-state index in [1.54, 1.807) is 6.20 Å². The second kappa shape index (κ2) is 4.17. The fourth-order valence-corrected chi connectivity index (χ4v) is 1.41. The van der Waals surface area contributed by atoms with Crippen LogP contribution in [-0.4, -0.2) is 15.1 Å². The molecular weight excluding hydrogens is 206 g/mol. The van der Waals surface area contributed by atoms with Gasteiger partial charge in [-0.25, -0.2) is 4.98 Å². The van der Waals surface area contributed by atoms with E-state index in [9.17, 15) is 0 Å². The summed E-state index contributed by atoms with van der Waals surface area (Å²) in [6.45, 7) is 1.97. The maximum atomic E-state index is 4.53. The minimum absolute atomic E-state index is 0.803. The van der Waals surface area contributed by atoms with Gasteiger partial charge in [-0.05, 0) is 43.4 Å². The molecule has 0 radical (unpaired) electrons. The molecule has 1 N–H and O–H groups in total. The Bertz CT molecular complexity index is 507. The molecule has 0 aliphatic heterocycles. The highest BCUT2D eigenvalue weighted by atomic mass is 32.1. The third-order valence-electron chi connectivity index (χ3n) is 2.02. The summed E-state index contributed by atoms with van der Waals surface area (Å²) >= 11 is 4.53. The number of aryl methyl sites for hydroxylation is 1. The van der Waals surface area contributed by atoms with E-state index in [-0.39, 0.29) is 0 Å². The summed E-state index contributed by atoms with van der Waals surface area (Å²) in [5.74, 6) is 0.866. The van der Waals surface area contributed by atoms with Gasteiger partial charge in [0.15, 0.2) is 0 Å². The smallest absolute Gasteiger partial charge is 0.137 e. The predicted octanol–water partition coefficient (Wildman–Crippen LogP) is 3.12. The minimum Gasteiger partial charge on any atom is -0.342 e. The van der Waals surface area contributed by atoms with Crippen molar-refractivity contribution in [2.75, 3.05) is 0 Å². The minimum atomic E-state index is 0.803. The quantitative estimate of drug-likeness (QED) is 0.617. The Balaban J connectivity index is 2.35. The molecule has 0 unspecified atom stereocenters. The highest BCUT2D eigenvalue weighted by Gasteiger charge is 2.00. The Labute approximate surface area is 92.9 Å². The van der Waals surface area contributed by atoms with Crippen LogP contribution in [0, 0.1) is 6.92 Å². The first-order valence-electron chi connectivity index (χ1n) is 4.49. The van der Waals surface area contributed by atoms with Crippen LogP contribution in [-0.2, 0) is 0 Å². The van der Waals surface area contributed by atoms with Crippen LogP contribution < -0.4 is 0 Å². The third-order valence-corrected chi connectivity index (χ3v) is 2.11. The zero-order chi connectivity index (χ0) is 10.7. The highest BCUT2D eigenvalue weighted by Crippen LogP contribution is 2.19. The van der Waals surface area contributed by atoms with Gasteiger partial charge in [-0.3, -0.25) is 0 Å². The lowest BCUT2D eigenvalue weighted by molar-refractivity contribution is 1.25. The first-order valence-corrected chi connectivity index (χ1v) is 4.90. The van der Waals surface area contributed by atoms with Crippen molar-refractivity contribution in [1.82, 2.24) is 9.97 Å². The molecule has 15 heavy (non-hydrogen) atoms. The van der Waals surface area contributed by atoms with Crippen molar-refractivity contribution >= 4 is 23.1 Å². The Morgan fingerprint density at radius 3 is 2.60 bits per heavy atom. The van der Waals surface area contributed by atoms with Crippen LogP contribution in [0.15, 0.2) is 35.5 Å². The van der Waals surface area contributed by atoms with Crippen LogP contribution in [0.1, 0.15) is 5.69 Å². The maximum Gasteiger partial charge on any atom is 0.137 e. The van der Waals surface area contributed by atoms with Gasteiger partial charge in [-0.1, -0.05) is 0 Å². The summed E-state index contributed by atoms with van der Waals surface area (Å²) in [5, 5.41) is 2.33. The van der Waals surface area contributed by atoms with Gasteiger partial charge in [-0.15, -0.1) is 0 Å². The molecule has 0 bridgehead atoms. The summed E-state index contributed by atoms with van der Waals surface area (Å²) in [5.41, 5.74) is 2.88. The Morgan fingerprint density at radius 1 is 1.33 bits per heavy atom. The molecule has 0 atom stereocenters. The topological polar surface area (TPSA) is 41.0 Å². The fourth-order valence-electron chi connectivity index (χ4n) is 1.31. The molecule has 0 amide bonds. The van der Waals surface area contributed by atoms with E-state index in [1.807, 2.05) is 31.2 Å². The number of nitrogens with zero attached hydrogens (tertiary/aromatic N) is 2. The Hall–Kier alpha value is -1.77. The van der Waals surface area contributed by atoms with Gasteiger partial charge in [0, 0.05) is 17.5 Å². The molecule has 0 saturated carbocycles. The fraction of sp³-hybridized carbons (Fsp3) is 0.0909. The third kappa shape index (κ3) is 2.18. The molecule has 3 nitrogen and oxygen atoms in total. The first-order chi connectivity index (χ1) is 7.29. The molecule has 0 aliphatic rings. The Kier molecular flexibility index (Phi) is 2.72. The number of rotatable bonds is 2. The standard InChI is InChI=1S/C11H9N3S/c1-8-6-12-11(14-8)9-2-4-10(5-3-9)13-7-15/h2-6H,1H3,(H,12,14). The van der Waals surface area contributed by atoms with Crippen molar-refractivity contribution in [3.63, 3.8) is 0 Å². The number of nitrogens with one attached hydrogen (secondary N) is 1. The molecule has 1 aromatic heterocycles. The summed E-state index contributed by atoms with van der Waals surface area (Å²) in [6, 6.07) is 7.66. The lowest BCUT2D eigenvalue weighted by Gasteiger charge is -1.96. The summed E-state index contributed by atoms with van der Waals surface area (Å²) in [6.07, 6.45) is 1.80. The monoisotopic (exact) mass is 215 g/mol. The summed E-state index contributed by atoms with van der Waals surface area (Å²) in [7, 11) is 0. The molecule has 0 aliphatic carbocycles. The van der Waals surface area contributed by atoms with Gasteiger partial charge in [0.25, 0.3) is 0 Å². The maximum absolute atomic E-state index is 4.53. The van der Waals surface area contributed by atoms with Gasteiger partial charge in [0.2, 0.25) is 0 Å². The number of benzene rings is 1. The SMILES string of the molecule is Cc1cnc(-c2ccc(N=C=S)cc2)[nH]1. The average molecular weight is 215 g/mol. The van der Waals surface area contributed by atoms with Gasteiger partial charge in [0.05, 0.1) is 10.8 Å². The number of H-pyrrole nitrogens is 1. The summed E-state index contributed by atoms with van der Waals surface area (Å²) in [4.78, 5) is 11.3. The van der Waals surface area contributed by atoms with Gasteiger partial charge < -0.3 is 4.98 Å². The van der Waals surface area contributed by atoms with Crippen molar-refractivity contribution < 1.29 is 0 Å². The van der Waals surface area contributed by atoms with Crippen LogP contribution in [0.2, 0.25) is 0 Å². The zero-order valence-electron chi connectivity index (χ0n) is 8.19. The number of imidazole rings is 1. The van der Waals surface area contributed by atoms with E-state index in [4.69, 9.17) is 0 Å². The van der Waals surface area contributed by atoms with Crippen LogP contribution >= 0.6 is 12.2 Å². The number of thiocarbonyl (C=S) groups is 1. The number of aromatic amines is 1. The average Bonchev–Trinajstić information content (AvgIpc) is 2.67. The van der Waals surface area contributed by atoms with Crippen molar-refractivity contribution in [3.05, 3.63) is 36.2 Å². The molecule has 0 saturated heterocycles. The van der Waals surface area contributed by atoms with Crippen molar-refractivity contribution in [2.24, 2.45) is 4.99 Å². The van der Waals surface area contributed by atoms with E-state index in [2.05, 4.69) is 32.3 Å². The molecule has 1 heterocycles. The van der Waals surface area contributed by atoms with Crippen LogP contribution in [0.4, 0.5) is 5.69 Å². The van der Waals surface area contributed by atoms with Gasteiger partial charge in [0.1, 0.15) is 5.82 Å². The molecule has 1 aromatic carbocycles. The lowest BCUT2D eigenvalue weighted by Crippen LogP contribution is -1.79. The van der Waals surface area contributed by atoms with Crippen molar-refractivity contribution in [3.8, 4) is 11.4 Å². The first kappa shape index (κ1) is 9.77. The lowest BCUT2D eigenvalue weighted by atomic mass is 10.2. The van der Waals surface area contributed by atoms with Gasteiger partial charge >= 0.3 is 0 Å². The van der Waals surface area contributed by atoms with E-state index >= 15 is 0 Å². The number of hydrogen-bond donors (Lipinski definition) is 1.